The molecule has 0 aliphatic heterocycles. The Labute approximate surface area is 134 Å². The first-order valence-electron chi connectivity index (χ1n) is 7.21. The van der Waals surface area contributed by atoms with Crippen LogP contribution in [0.1, 0.15) is 29.5 Å². The van der Waals surface area contributed by atoms with Crippen LogP contribution < -0.4 is 5.32 Å². The van der Waals surface area contributed by atoms with E-state index in [0.717, 1.165) is 35.2 Å². The average Bonchev–Trinajstić information content (AvgIpc) is 2.76. The van der Waals surface area contributed by atoms with Crippen molar-refractivity contribution in [2.24, 2.45) is 0 Å². The summed E-state index contributed by atoms with van der Waals surface area (Å²) in [4.78, 5) is 0. The van der Waals surface area contributed by atoms with Gasteiger partial charge in [0.2, 0.25) is 0 Å². The van der Waals surface area contributed by atoms with Crippen molar-refractivity contribution in [2.45, 2.75) is 32.9 Å². The third kappa shape index (κ3) is 4.95. The van der Waals surface area contributed by atoms with Gasteiger partial charge in [0.25, 0.3) is 0 Å². The molecule has 1 unspecified atom stereocenters. The van der Waals surface area contributed by atoms with Crippen molar-refractivity contribution in [1.82, 2.24) is 15.1 Å². The van der Waals surface area contributed by atoms with Gasteiger partial charge in [0.05, 0.1) is 11.8 Å². The highest BCUT2D eigenvalue weighted by atomic mass is 79.9. The van der Waals surface area contributed by atoms with Crippen LogP contribution >= 0.6 is 15.9 Å². The Morgan fingerprint density at radius 3 is 2.81 bits per heavy atom. The summed E-state index contributed by atoms with van der Waals surface area (Å²) in [5.74, 6) is 0. The van der Waals surface area contributed by atoms with E-state index in [1.165, 1.54) is 5.69 Å². The number of hydrogen-bond acceptors (Lipinski definition) is 3. The Bertz CT molecular complexity index is 583. The van der Waals surface area contributed by atoms with Crippen LogP contribution in [-0.2, 0) is 6.54 Å². The minimum absolute atomic E-state index is 0.476. The number of aliphatic hydroxyl groups is 1. The van der Waals surface area contributed by atoms with Gasteiger partial charge in [-0.2, -0.15) is 5.10 Å². The van der Waals surface area contributed by atoms with Gasteiger partial charge in [-0.3, -0.25) is 4.68 Å². The van der Waals surface area contributed by atoms with E-state index in [2.05, 4.69) is 39.3 Å². The maximum Gasteiger partial charge on any atom is 0.0914 e. The molecule has 0 bridgehead atoms. The Kier molecular flexibility index (Phi) is 5.96. The second-order valence-corrected chi connectivity index (χ2v) is 6.19. The minimum atomic E-state index is -0.476. The van der Waals surface area contributed by atoms with E-state index in [4.69, 9.17) is 0 Å². The molecule has 0 saturated heterocycles. The van der Waals surface area contributed by atoms with Crippen molar-refractivity contribution in [2.75, 3.05) is 13.1 Å². The van der Waals surface area contributed by atoms with Crippen LogP contribution in [-0.4, -0.2) is 28.0 Å². The summed E-state index contributed by atoms with van der Waals surface area (Å²) in [6.07, 6.45) is 0.517. The van der Waals surface area contributed by atoms with E-state index in [9.17, 15) is 5.11 Å². The number of benzene rings is 1. The van der Waals surface area contributed by atoms with Crippen molar-refractivity contribution in [1.29, 1.82) is 0 Å². The van der Waals surface area contributed by atoms with Gasteiger partial charge < -0.3 is 10.4 Å². The number of halogens is 1. The molecule has 114 valence electrons. The summed E-state index contributed by atoms with van der Waals surface area (Å²) < 4.78 is 3.02. The summed E-state index contributed by atoms with van der Waals surface area (Å²) >= 11 is 3.42. The fourth-order valence-corrected chi connectivity index (χ4v) is 2.74. The van der Waals surface area contributed by atoms with Crippen molar-refractivity contribution in [3.8, 4) is 0 Å². The molecule has 2 aromatic rings. The fraction of sp³-hybridized carbons (Fsp3) is 0.438. The first kappa shape index (κ1) is 16.2. The lowest BCUT2D eigenvalue weighted by atomic mass is 10.1. The highest BCUT2D eigenvalue weighted by molar-refractivity contribution is 9.10. The number of aryl methyl sites for hydroxylation is 3. The summed E-state index contributed by atoms with van der Waals surface area (Å²) in [7, 11) is 0. The quantitative estimate of drug-likeness (QED) is 0.754. The maximum atomic E-state index is 10.1. The second-order valence-electron chi connectivity index (χ2n) is 5.28. The van der Waals surface area contributed by atoms with E-state index in [-0.39, 0.29) is 0 Å². The lowest BCUT2D eigenvalue weighted by molar-refractivity contribution is 0.174. The van der Waals surface area contributed by atoms with Gasteiger partial charge in [-0.25, -0.2) is 0 Å². The molecule has 2 N–H and O–H groups in total. The van der Waals surface area contributed by atoms with Crippen LogP contribution in [0.5, 0.6) is 0 Å². The standard InChI is InChI=1S/C16H22BrN3O/c1-12-9-13(2)20(19-12)8-4-7-18-11-16(21)14-5-3-6-15(17)10-14/h3,5-6,9-10,16,18,21H,4,7-8,11H2,1-2H3. The van der Waals surface area contributed by atoms with Crippen molar-refractivity contribution >= 4 is 15.9 Å². The molecule has 0 saturated carbocycles. The molecule has 0 aliphatic rings. The van der Waals surface area contributed by atoms with Crippen LogP contribution in [0.25, 0.3) is 0 Å². The predicted molar refractivity (Wildman–Crippen MR) is 88.3 cm³/mol. The van der Waals surface area contributed by atoms with Crippen molar-refractivity contribution < 1.29 is 5.11 Å². The lowest BCUT2D eigenvalue weighted by Crippen LogP contribution is -2.23. The number of nitrogens with zero attached hydrogens (tertiary/aromatic N) is 2. The number of hydrogen-bond donors (Lipinski definition) is 2. The fourth-order valence-electron chi connectivity index (χ4n) is 2.33. The Morgan fingerprint density at radius 1 is 1.33 bits per heavy atom. The zero-order valence-corrected chi connectivity index (χ0v) is 14.1. The number of aromatic nitrogens is 2. The molecule has 0 fully saturated rings. The molecule has 1 heterocycles. The van der Waals surface area contributed by atoms with Gasteiger partial charge in [0.1, 0.15) is 0 Å². The van der Waals surface area contributed by atoms with E-state index < -0.39 is 6.10 Å². The molecule has 1 atom stereocenters. The average molecular weight is 352 g/mol. The lowest BCUT2D eigenvalue weighted by Gasteiger charge is -2.12. The first-order valence-corrected chi connectivity index (χ1v) is 8.01. The third-order valence-electron chi connectivity index (χ3n) is 3.40. The Morgan fingerprint density at radius 2 is 2.14 bits per heavy atom. The topological polar surface area (TPSA) is 50.1 Å². The van der Waals surface area contributed by atoms with Crippen LogP contribution in [0, 0.1) is 13.8 Å². The molecule has 0 aliphatic carbocycles. The molecular formula is C16H22BrN3O. The van der Waals surface area contributed by atoms with E-state index in [1.807, 2.05) is 35.9 Å². The van der Waals surface area contributed by atoms with Gasteiger partial charge in [0.15, 0.2) is 0 Å². The normalized spacial score (nSPS) is 12.6. The van der Waals surface area contributed by atoms with E-state index in [0.29, 0.717) is 6.54 Å². The minimum Gasteiger partial charge on any atom is -0.387 e. The van der Waals surface area contributed by atoms with Gasteiger partial charge in [0, 0.05) is 23.3 Å². The van der Waals surface area contributed by atoms with Crippen LogP contribution in [0.3, 0.4) is 0 Å². The Balaban J connectivity index is 1.69. The molecule has 21 heavy (non-hydrogen) atoms. The summed E-state index contributed by atoms with van der Waals surface area (Å²) in [6.45, 7) is 6.41. The monoisotopic (exact) mass is 351 g/mol. The zero-order valence-electron chi connectivity index (χ0n) is 12.5. The highest BCUT2D eigenvalue weighted by Crippen LogP contribution is 2.17. The van der Waals surface area contributed by atoms with Crippen molar-refractivity contribution in [3.05, 3.63) is 51.8 Å². The largest absolute Gasteiger partial charge is 0.387 e. The van der Waals surface area contributed by atoms with Crippen LogP contribution in [0.2, 0.25) is 0 Å². The van der Waals surface area contributed by atoms with Crippen LogP contribution in [0.15, 0.2) is 34.8 Å². The second kappa shape index (κ2) is 7.73. The first-order chi connectivity index (χ1) is 10.1. The van der Waals surface area contributed by atoms with Gasteiger partial charge in [-0.15, -0.1) is 0 Å². The Hall–Kier alpha value is -1.17. The van der Waals surface area contributed by atoms with Crippen molar-refractivity contribution in [3.63, 3.8) is 0 Å². The van der Waals surface area contributed by atoms with Crippen LogP contribution in [0.4, 0.5) is 0 Å². The smallest absolute Gasteiger partial charge is 0.0914 e. The molecule has 4 nitrogen and oxygen atoms in total. The van der Waals surface area contributed by atoms with E-state index >= 15 is 0 Å². The summed E-state index contributed by atoms with van der Waals surface area (Å²) in [6, 6.07) is 9.86. The number of rotatable bonds is 7. The summed E-state index contributed by atoms with van der Waals surface area (Å²) in [5.41, 5.74) is 3.18. The molecule has 5 heteroatoms. The maximum absolute atomic E-state index is 10.1. The number of aliphatic hydroxyl groups excluding tert-OH is 1. The van der Waals surface area contributed by atoms with Gasteiger partial charge >= 0.3 is 0 Å². The molecule has 0 spiro atoms. The molecule has 1 aromatic carbocycles. The molecule has 0 amide bonds. The molecule has 2 rings (SSSR count). The molecule has 0 radical (unpaired) electrons. The zero-order chi connectivity index (χ0) is 15.2. The molecule has 1 aromatic heterocycles. The third-order valence-corrected chi connectivity index (χ3v) is 3.89. The van der Waals surface area contributed by atoms with E-state index in [1.54, 1.807) is 0 Å². The van der Waals surface area contributed by atoms with Gasteiger partial charge in [-0.05, 0) is 50.6 Å². The highest BCUT2D eigenvalue weighted by Gasteiger charge is 2.07. The number of nitrogens with one attached hydrogen (secondary N) is 1. The predicted octanol–water partition coefficient (Wildman–Crippen LogP) is 2.98. The summed E-state index contributed by atoms with van der Waals surface area (Å²) in [5, 5.41) is 17.8. The SMILES string of the molecule is Cc1cc(C)n(CCCNCC(O)c2cccc(Br)c2)n1. The molecular weight excluding hydrogens is 330 g/mol. The van der Waals surface area contributed by atoms with Gasteiger partial charge in [-0.1, -0.05) is 28.1 Å².